The summed E-state index contributed by atoms with van der Waals surface area (Å²) >= 11 is 1.03. The predicted molar refractivity (Wildman–Crippen MR) is 76.4 cm³/mol. The van der Waals surface area contributed by atoms with Crippen molar-refractivity contribution in [3.8, 4) is 6.07 Å². The second-order valence-electron chi connectivity index (χ2n) is 4.38. The second kappa shape index (κ2) is 5.61. The average Bonchev–Trinajstić information content (AvgIpc) is 2.92. The van der Waals surface area contributed by atoms with Crippen molar-refractivity contribution in [2.75, 3.05) is 0 Å². The summed E-state index contributed by atoms with van der Waals surface area (Å²) in [4.78, 5) is 16.2. The molecule has 3 aromatic rings. The van der Waals surface area contributed by atoms with Crippen LogP contribution in [0.2, 0.25) is 0 Å². The molecule has 0 spiro atoms. The van der Waals surface area contributed by atoms with Crippen LogP contribution >= 0.6 is 11.8 Å². The standard InChI is InChI=1S/C14H8F2N4OS/c15-10-2-1-3-11(13(10)16)22-7-9-4-12(21)20-14(19-9)8(5-17)6-18-20/h1-4,6,18H,7H2. The van der Waals surface area contributed by atoms with Gasteiger partial charge in [-0.15, -0.1) is 11.8 Å². The van der Waals surface area contributed by atoms with Gasteiger partial charge in [0.25, 0.3) is 5.56 Å². The highest BCUT2D eigenvalue weighted by Gasteiger charge is 2.11. The number of thioether (sulfide) groups is 1. The Morgan fingerprint density at radius 2 is 2.23 bits per heavy atom. The smallest absolute Gasteiger partial charge is 0.272 e. The highest BCUT2D eigenvalue weighted by molar-refractivity contribution is 7.98. The van der Waals surface area contributed by atoms with E-state index in [1.807, 2.05) is 6.07 Å². The molecule has 2 heterocycles. The lowest BCUT2D eigenvalue weighted by atomic mass is 10.3. The first-order chi connectivity index (χ1) is 10.6. The van der Waals surface area contributed by atoms with E-state index in [2.05, 4.69) is 10.1 Å². The molecule has 5 nitrogen and oxygen atoms in total. The van der Waals surface area contributed by atoms with Gasteiger partial charge in [-0.25, -0.2) is 18.3 Å². The largest absolute Gasteiger partial charge is 0.295 e. The van der Waals surface area contributed by atoms with Crippen molar-refractivity contribution in [3.05, 3.63) is 63.7 Å². The minimum absolute atomic E-state index is 0.136. The molecule has 1 N–H and O–H groups in total. The Bertz CT molecular complexity index is 958. The van der Waals surface area contributed by atoms with E-state index < -0.39 is 11.6 Å². The molecule has 22 heavy (non-hydrogen) atoms. The van der Waals surface area contributed by atoms with E-state index in [1.165, 1.54) is 24.4 Å². The number of benzene rings is 1. The van der Waals surface area contributed by atoms with E-state index in [1.54, 1.807) is 0 Å². The van der Waals surface area contributed by atoms with Crippen molar-refractivity contribution < 1.29 is 8.78 Å². The number of halogens is 2. The maximum absolute atomic E-state index is 13.6. The number of aromatic amines is 1. The number of hydrogen-bond acceptors (Lipinski definition) is 4. The minimum atomic E-state index is -0.926. The van der Waals surface area contributed by atoms with Gasteiger partial charge in [0, 0.05) is 22.9 Å². The molecule has 0 aliphatic rings. The van der Waals surface area contributed by atoms with Gasteiger partial charge in [-0.3, -0.25) is 9.89 Å². The summed E-state index contributed by atoms with van der Waals surface area (Å²) in [5.74, 6) is -1.67. The number of fused-ring (bicyclic) bond motifs is 1. The van der Waals surface area contributed by atoms with E-state index in [0.29, 0.717) is 5.69 Å². The van der Waals surface area contributed by atoms with E-state index in [-0.39, 0.29) is 27.4 Å². The van der Waals surface area contributed by atoms with Crippen molar-refractivity contribution >= 4 is 17.4 Å². The lowest BCUT2D eigenvalue weighted by molar-refractivity contribution is 0.491. The van der Waals surface area contributed by atoms with Crippen molar-refractivity contribution in [1.82, 2.24) is 14.6 Å². The molecule has 0 aliphatic heterocycles. The molecule has 3 rings (SSSR count). The first-order valence-corrected chi connectivity index (χ1v) is 7.15. The predicted octanol–water partition coefficient (Wildman–Crippen LogP) is 2.46. The van der Waals surface area contributed by atoms with E-state index in [9.17, 15) is 13.6 Å². The van der Waals surface area contributed by atoms with Crippen LogP contribution in [0.3, 0.4) is 0 Å². The molecular formula is C14H8F2N4OS. The van der Waals surface area contributed by atoms with E-state index in [0.717, 1.165) is 22.3 Å². The van der Waals surface area contributed by atoms with Crippen LogP contribution in [-0.2, 0) is 5.75 Å². The Balaban J connectivity index is 1.93. The lowest BCUT2D eigenvalue weighted by Gasteiger charge is -2.04. The fourth-order valence-electron chi connectivity index (χ4n) is 1.93. The average molecular weight is 318 g/mol. The molecule has 0 aliphatic carbocycles. The van der Waals surface area contributed by atoms with Crippen molar-refractivity contribution in [2.24, 2.45) is 0 Å². The zero-order chi connectivity index (χ0) is 15.7. The molecule has 0 radical (unpaired) electrons. The Morgan fingerprint density at radius 3 is 3.00 bits per heavy atom. The van der Waals surface area contributed by atoms with Crippen LogP contribution in [-0.4, -0.2) is 14.6 Å². The number of H-pyrrole nitrogens is 1. The van der Waals surface area contributed by atoms with Gasteiger partial charge in [0.2, 0.25) is 0 Å². The van der Waals surface area contributed by atoms with Crippen LogP contribution in [0.4, 0.5) is 8.78 Å². The Hall–Kier alpha value is -2.66. The summed E-state index contributed by atoms with van der Waals surface area (Å²) in [6, 6.07) is 7.11. The number of rotatable bonds is 3. The normalized spacial score (nSPS) is 10.8. The maximum atomic E-state index is 13.6. The monoisotopic (exact) mass is 318 g/mol. The van der Waals surface area contributed by atoms with Crippen LogP contribution in [0.1, 0.15) is 11.3 Å². The first kappa shape index (κ1) is 14.3. The third-order valence-corrected chi connectivity index (χ3v) is 4.03. The topological polar surface area (TPSA) is 73.9 Å². The van der Waals surface area contributed by atoms with Crippen molar-refractivity contribution in [3.63, 3.8) is 0 Å². The zero-order valence-electron chi connectivity index (χ0n) is 11.0. The van der Waals surface area contributed by atoms with Crippen LogP contribution in [0.15, 0.2) is 40.2 Å². The third kappa shape index (κ3) is 2.46. The van der Waals surface area contributed by atoms with E-state index in [4.69, 9.17) is 5.26 Å². The first-order valence-electron chi connectivity index (χ1n) is 6.17. The van der Waals surface area contributed by atoms with Gasteiger partial charge in [0.15, 0.2) is 17.3 Å². The number of hydrogen-bond donors (Lipinski definition) is 1. The summed E-state index contributed by atoms with van der Waals surface area (Å²) in [6.45, 7) is 0. The van der Waals surface area contributed by atoms with Gasteiger partial charge in [-0.05, 0) is 12.1 Å². The van der Waals surface area contributed by atoms with Crippen molar-refractivity contribution in [1.29, 1.82) is 5.26 Å². The van der Waals surface area contributed by atoms with Crippen LogP contribution in [0.5, 0.6) is 0 Å². The van der Waals surface area contributed by atoms with Crippen molar-refractivity contribution in [2.45, 2.75) is 10.6 Å². The Labute approximate surface area is 127 Å². The lowest BCUT2D eigenvalue weighted by Crippen LogP contribution is -2.15. The van der Waals surface area contributed by atoms with Gasteiger partial charge in [-0.2, -0.15) is 5.26 Å². The van der Waals surface area contributed by atoms with Gasteiger partial charge in [0.1, 0.15) is 11.6 Å². The van der Waals surface area contributed by atoms with Gasteiger partial charge >= 0.3 is 0 Å². The zero-order valence-corrected chi connectivity index (χ0v) is 11.8. The second-order valence-corrected chi connectivity index (χ2v) is 5.40. The van der Waals surface area contributed by atoms with Crippen LogP contribution in [0, 0.1) is 23.0 Å². The minimum Gasteiger partial charge on any atom is -0.295 e. The molecule has 0 unspecified atom stereocenters. The maximum Gasteiger partial charge on any atom is 0.272 e. The fraction of sp³-hybridized carbons (Fsp3) is 0.0714. The molecule has 0 fully saturated rings. The highest BCUT2D eigenvalue weighted by Crippen LogP contribution is 2.26. The molecule has 110 valence electrons. The number of nitrogens with zero attached hydrogens (tertiary/aromatic N) is 3. The number of nitriles is 1. The molecular weight excluding hydrogens is 310 g/mol. The summed E-state index contributed by atoms with van der Waals surface area (Å²) < 4.78 is 27.9. The number of aromatic nitrogens is 3. The summed E-state index contributed by atoms with van der Waals surface area (Å²) in [6.07, 6.45) is 1.38. The summed E-state index contributed by atoms with van der Waals surface area (Å²) in [5.41, 5.74) is 0.461. The Kier molecular flexibility index (Phi) is 3.65. The van der Waals surface area contributed by atoms with Gasteiger partial charge in [0.05, 0.1) is 5.69 Å². The van der Waals surface area contributed by atoms with E-state index >= 15 is 0 Å². The molecule has 0 amide bonds. The molecule has 0 saturated carbocycles. The molecule has 8 heteroatoms. The SMILES string of the molecule is N#Cc1c[nH]n2c(=O)cc(CSc3cccc(F)c3F)nc12. The highest BCUT2D eigenvalue weighted by atomic mass is 32.2. The fourth-order valence-corrected chi connectivity index (χ4v) is 2.78. The number of nitrogens with one attached hydrogen (secondary N) is 1. The molecule has 1 aromatic carbocycles. The van der Waals surface area contributed by atoms with Gasteiger partial charge < -0.3 is 0 Å². The summed E-state index contributed by atoms with van der Waals surface area (Å²) in [5, 5.41) is 11.6. The molecule has 0 saturated heterocycles. The molecule has 0 bridgehead atoms. The molecule has 2 aromatic heterocycles. The summed E-state index contributed by atoms with van der Waals surface area (Å²) in [7, 11) is 0. The van der Waals surface area contributed by atoms with Crippen LogP contribution < -0.4 is 5.56 Å². The Morgan fingerprint density at radius 1 is 1.41 bits per heavy atom. The molecule has 0 atom stereocenters. The van der Waals surface area contributed by atoms with Gasteiger partial charge in [-0.1, -0.05) is 6.07 Å². The quantitative estimate of drug-likeness (QED) is 0.753. The third-order valence-electron chi connectivity index (χ3n) is 2.96. The van der Waals surface area contributed by atoms with Crippen LogP contribution in [0.25, 0.3) is 5.65 Å².